The Labute approximate surface area is 114 Å². The molecule has 3 N–H and O–H groups in total. The number of hydrogen-bond acceptors (Lipinski definition) is 4. The Hall–Kier alpha value is -1.75. The summed E-state index contributed by atoms with van der Waals surface area (Å²) < 4.78 is 10.9. The van der Waals surface area contributed by atoms with Gasteiger partial charge in [0.1, 0.15) is 0 Å². The van der Waals surface area contributed by atoms with Crippen LogP contribution in [0, 0.1) is 0 Å². The number of amides is 1. The molecule has 5 heteroatoms. The van der Waals surface area contributed by atoms with Crippen LogP contribution >= 0.6 is 0 Å². The highest BCUT2D eigenvalue weighted by atomic mass is 16.5. The first kappa shape index (κ1) is 15.3. The summed E-state index contributed by atoms with van der Waals surface area (Å²) in [5, 5.41) is 2.57. The van der Waals surface area contributed by atoms with Gasteiger partial charge in [-0.25, -0.2) is 0 Å². The van der Waals surface area contributed by atoms with Gasteiger partial charge >= 0.3 is 0 Å². The Morgan fingerprint density at radius 3 is 2.74 bits per heavy atom. The third-order valence-corrected chi connectivity index (χ3v) is 2.80. The van der Waals surface area contributed by atoms with Crippen LogP contribution in [0.15, 0.2) is 18.2 Å². The third-order valence-electron chi connectivity index (χ3n) is 2.80. The Morgan fingerprint density at radius 1 is 1.42 bits per heavy atom. The fourth-order valence-corrected chi connectivity index (χ4v) is 1.63. The zero-order valence-electron chi connectivity index (χ0n) is 11.7. The van der Waals surface area contributed by atoms with Crippen molar-refractivity contribution in [1.82, 2.24) is 5.32 Å². The summed E-state index contributed by atoms with van der Waals surface area (Å²) in [4.78, 5) is 11.1. The maximum absolute atomic E-state index is 11.1. The molecule has 0 radical (unpaired) electrons. The quantitative estimate of drug-likeness (QED) is 0.735. The van der Waals surface area contributed by atoms with Crippen molar-refractivity contribution in [2.24, 2.45) is 5.73 Å². The summed E-state index contributed by atoms with van der Waals surface area (Å²) in [6, 6.07) is 5.59. The summed E-state index contributed by atoms with van der Waals surface area (Å²) in [5.74, 6) is 1.35. The molecule has 1 rings (SSSR count). The molecule has 0 fully saturated rings. The zero-order valence-corrected chi connectivity index (χ0v) is 11.7. The topological polar surface area (TPSA) is 73.6 Å². The number of benzene rings is 1. The highest BCUT2D eigenvalue weighted by molar-refractivity contribution is 5.75. The van der Waals surface area contributed by atoms with Crippen molar-refractivity contribution in [2.45, 2.75) is 25.8 Å². The molecule has 5 nitrogen and oxygen atoms in total. The fraction of sp³-hybridized carbons (Fsp3) is 0.500. The molecule has 0 bridgehead atoms. The summed E-state index contributed by atoms with van der Waals surface area (Å²) >= 11 is 0. The standard InChI is InChI=1S/C14H22N2O3/c1-10(15)11-6-7-12(13(9-11)18-3)19-8-4-5-14(17)16-2/h6-7,9-10H,4-5,8,15H2,1-3H3,(H,16,17)/t10-/m1/s1. The highest BCUT2D eigenvalue weighted by Gasteiger charge is 2.08. The first-order valence-electron chi connectivity index (χ1n) is 6.35. The molecule has 0 heterocycles. The second-order valence-corrected chi connectivity index (χ2v) is 4.32. The molecule has 0 unspecified atom stereocenters. The summed E-state index contributed by atoms with van der Waals surface area (Å²) in [6.45, 7) is 2.39. The average molecular weight is 266 g/mol. The lowest BCUT2D eigenvalue weighted by atomic mass is 10.1. The van der Waals surface area contributed by atoms with Crippen LogP contribution in [0.2, 0.25) is 0 Å². The van der Waals surface area contributed by atoms with Crippen LogP contribution in [0.25, 0.3) is 0 Å². The van der Waals surface area contributed by atoms with Crippen LogP contribution in [-0.4, -0.2) is 26.7 Å². The maximum atomic E-state index is 11.1. The second kappa shape index (κ2) is 7.63. The molecule has 106 valence electrons. The van der Waals surface area contributed by atoms with E-state index in [0.717, 1.165) is 5.56 Å². The lowest BCUT2D eigenvalue weighted by Gasteiger charge is -2.13. The average Bonchev–Trinajstić information content (AvgIpc) is 2.42. The SMILES string of the molecule is CNC(=O)CCCOc1ccc([C@@H](C)N)cc1OC. The van der Waals surface area contributed by atoms with E-state index in [1.807, 2.05) is 25.1 Å². The normalized spacial score (nSPS) is 11.8. The van der Waals surface area contributed by atoms with Crippen LogP contribution < -0.4 is 20.5 Å². The Kier molecular flexibility index (Phi) is 6.15. The van der Waals surface area contributed by atoms with Gasteiger partial charge in [-0.05, 0) is 31.0 Å². The third kappa shape index (κ3) is 4.79. The minimum atomic E-state index is -0.0452. The molecule has 1 aromatic carbocycles. The number of carbonyl (C=O) groups excluding carboxylic acids is 1. The minimum absolute atomic E-state index is 0.0165. The number of nitrogens with one attached hydrogen (secondary N) is 1. The van der Waals surface area contributed by atoms with Crippen LogP contribution in [0.4, 0.5) is 0 Å². The second-order valence-electron chi connectivity index (χ2n) is 4.32. The number of nitrogens with two attached hydrogens (primary N) is 1. The van der Waals surface area contributed by atoms with E-state index >= 15 is 0 Å². The van der Waals surface area contributed by atoms with E-state index in [-0.39, 0.29) is 11.9 Å². The van der Waals surface area contributed by atoms with Crippen LogP contribution in [0.5, 0.6) is 11.5 Å². The van der Waals surface area contributed by atoms with Gasteiger partial charge in [-0.15, -0.1) is 0 Å². The molecule has 0 saturated heterocycles. The van der Waals surface area contributed by atoms with Crippen molar-refractivity contribution in [3.8, 4) is 11.5 Å². The predicted molar refractivity (Wildman–Crippen MR) is 74.4 cm³/mol. The van der Waals surface area contributed by atoms with Crippen molar-refractivity contribution < 1.29 is 14.3 Å². The molecule has 0 aliphatic rings. The van der Waals surface area contributed by atoms with Gasteiger partial charge in [0, 0.05) is 19.5 Å². The first-order valence-corrected chi connectivity index (χ1v) is 6.35. The molecular formula is C14H22N2O3. The highest BCUT2D eigenvalue weighted by Crippen LogP contribution is 2.29. The van der Waals surface area contributed by atoms with Crippen molar-refractivity contribution in [2.75, 3.05) is 20.8 Å². The minimum Gasteiger partial charge on any atom is -0.493 e. The molecule has 19 heavy (non-hydrogen) atoms. The largest absolute Gasteiger partial charge is 0.493 e. The Bertz CT molecular complexity index is 419. The van der Waals surface area contributed by atoms with Gasteiger partial charge in [0.25, 0.3) is 0 Å². The van der Waals surface area contributed by atoms with Gasteiger partial charge in [-0.2, -0.15) is 0 Å². The molecule has 0 aromatic heterocycles. The van der Waals surface area contributed by atoms with Gasteiger partial charge < -0.3 is 20.5 Å². The van der Waals surface area contributed by atoms with E-state index in [2.05, 4.69) is 5.32 Å². The van der Waals surface area contributed by atoms with E-state index < -0.39 is 0 Å². The van der Waals surface area contributed by atoms with Gasteiger partial charge in [0.2, 0.25) is 5.91 Å². The molecule has 0 aliphatic carbocycles. The Morgan fingerprint density at radius 2 is 2.16 bits per heavy atom. The first-order chi connectivity index (χ1) is 9.08. The van der Waals surface area contributed by atoms with Gasteiger partial charge in [0.05, 0.1) is 13.7 Å². The number of rotatable bonds is 7. The van der Waals surface area contributed by atoms with Crippen LogP contribution in [-0.2, 0) is 4.79 Å². The summed E-state index contributed by atoms with van der Waals surface area (Å²) in [6.07, 6.45) is 1.12. The predicted octanol–water partition coefficient (Wildman–Crippen LogP) is 1.62. The van der Waals surface area contributed by atoms with E-state index in [9.17, 15) is 4.79 Å². The van der Waals surface area contributed by atoms with Crippen molar-refractivity contribution in [3.63, 3.8) is 0 Å². The van der Waals surface area contributed by atoms with E-state index in [4.69, 9.17) is 15.2 Å². The van der Waals surface area contributed by atoms with E-state index in [1.54, 1.807) is 14.2 Å². The zero-order chi connectivity index (χ0) is 14.3. The monoisotopic (exact) mass is 266 g/mol. The van der Waals surface area contributed by atoms with Crippen molar-refractivity contribution in [1.29, 1.82) is 0 Å². The number of methoxy groups -OCH3 is 1. The lowest BCUT2D eigenvalue weighted by molar-refractivity contribution is -0.120. The molecule has 1 atom stereocenters. The molecule has 0 saturated carbocycles. The maximum Gasteiger partial charge on any atom is 0.219 e. The molecule has 1 amide bonds. The van der Waals surface area contributed by atoms with Crippen LogP contribution in [0.1, 0.15) is 31.4 Å². The molecule has 1 aromatic rings. The number of carbonyl (C=O) groups is 1. The van der Waals surface area contributed by atoms with Crippen molar-refractivity contribution >= 4 is 5.91 Å². The summed E-state index contributed by atoms with van der Waals surface area (Å²) in [7, 11) is 3.22. The van der Waals surface area contributed by atoms with Gasteiger partial charge in [-0.1, -0.05) is 6.07 Å². The smallest absolute Gasteiger partial charge is 0.219 e. The van der Waals surface area contributed by atoms with Gasteiger partial charge in [0.15, 0.2) is 11.5 Å². The van der Waals surface area contributed by atoms with Crippen molar-refractivity contribution in [3.05, 3.63) is 23.8 Å². The van der Waals surface area contributed by atoms with E-state index in [1.165, 1.54) is 0 Å². The molecule has 0 spiro atoms. The summed E-state index contributed by atoms with van der Waals surface area (Å²) in [5.41, 5.74) is 6.81. The number of ether oxygens (including phenoxy) is 2. The Balaban J connectivity index is 2.56. The van der Waals surface area contributed by atoms with Crippen LogP contribution in [0.3, 0.4) is 0 Å². The number of hydrogen-bond donors (Lipinski definition) is 2. The lowest BCUT2D eigenvalue weighted by Crippen LogP contribution is -2.18. The fourth-order valence-electron chi connectivity index (χ4n) is 1.63. The molecular weight excluding hydrogens is 244 g/mol. The van der Waals surface area contributed by atoms with E-state index in [0.29, 0.717) is 30.9 Å². The van der Waals surface area contributed by atoms with Gasteiger partial charge in [-0.3, -0.25) is 4.79 Å². The molecule has 0 aliphatic heterocycles.